The highest BCUT2D eigenvalue weighted by Gasteiger charge is 2.20. The molecule has 1 unspecified atom stereocenters. The summed E-state index contributed by atoms with van der Waals surface area (Å²) in [5, 5.41) is 13.2. The summed E-state index contributed by atoms with van der Waals surface area (Å²) in [4.78, 5) is 2.37. The summed E-state index contributed by atoms with van der Waals surface area (Å²) in [6.45, 7) is 8.90. The summed E-state index contributed by atoms with van der Waals surface area (Å²) >= 11 is 0. The zero-order valence-corrected chi connectivity index (χ0v) is 11.5. The highest BCUT2D eigenvalue weighted by Crippen LogP contribution is 2.15. The predicted octanol–water partition coefficient (Wildman–Crippen LogP) is 0.704. The third kappa shape index (κ3) is 5.82. The first-order chi connectivity index (χ1) is 8.13. The third-order valence-electron chi connectivity index (χ3n) is 3.49. The molecule has 0 aromatic heterocycles. The molecule has 0 bridgehead atoms. The van der Waals surface area contributed by atoms with Gasteiger partial charge < -0.3 is 15.2 Å². The van der Waals surface area contributed by atoms with E-state index in [4.69, 9.17) is 4.74 Å². The maximum Gasteiger partial charge on any atom is 0.0900 e. The van der Waals surface area contributed by atoms with E-state index >= 15 is 0 Å². The van der Waals surface area contributed by atoms with Gasteiger partial charge in [-0.1, -0.05) is 0 Å². The van der Waals surface area contributed by atoms with Gasteiger partial charge in [0.05, 0.1) is 12.7 Å². The maximum atomic E-state index is 9.82. The Morgan fingerprint density at radius 1 is 1.35 bits per heavy atom. The van der Waals surface area contributed by atoms with Crippen molar-refractivity contribution < 1.29 is 9.84 Å². The van der Waals surface area contributed by atoms with Crippen molar-refractivity contribution in [3.05, 3.63) is 0 Å². The van der Waals surface area contributed by atoms with Crippen molar-refractivity contribution in [2.24, 2.45) is 5.92 Å². The van der Waals surface area contributed by atoms with Crippen molar-refractivity contribution in [2.75, 3.05) is 39.9 Å². The maximum absolute atomic E-state index is 9.82. The Bertz CT molecular complexity index is 194. The number of nitrogens with one attached hydrogen (secondary N) is 1. The monoisotopic (exact) mass is 244 g/mol. The van der Waals surface area contributed by atoms with E-state index < -0.39 is 0 Å². The number of aliphatic hydroxyl groups is 1. The molecule has 1 rings (SSSR count). The second-order valence-corrected chi connectivity index (χ2v) is 5.35. The highest BCUT2D eigenvalue weighted by molar-refractivity contribution is 4.76. The lowest BCUT2D eigenvalue weighted by atomic mass is 9.97. The van der Waals surface area contributed by atoms with Gasteiger partial charge in [-0.25, -0.2) is 0 Å². The van der Waals surface area contributed by atoms with Gasteiger partial charge in [0.1, 0.15) is 0 Å². The number of hydrogen-bond acceptors (Lipinski definition) is 4. The SMILES string of the molecule is COCC(O)CN(CC1CCNCC1)C(C)C. The van der Waals surface area contributed by atoms with E-state index in [-0.39, 0.29) is 6.10 Å². The molecule has 1 saturated heterocycles. The quantitative estimate of drug-likeness (QED) is 0.692. The second-order valence-electron chi connectivity index (χ2n) is 5.35. The van der Waals surface area contributed by atoms with E-state index in [1.165, 1.54) is 12.8 Å². The molecule has 0 aliphatic carbocycles. The van der Waals surface area contributed by atoms with Crippen LogP contribution in [0.2, 0.25) is 0 Å². The number of nitrogens with zero attached hydrogens (tertiary/aromatic N) is 1. The fourth-order valence-electron chi connectivity index (χ4n) is 2.41. The van der Waals surface area contributed by atoms with Gasteiger partial charge in [-0.3, -0.25) is 4.90 Å². The van der Waals surface area contributed by atoms with Crippen molar-refractivity contribution in [3.8, 4) is 0 Å². The van der Waals surface area contributed by atoms with Gasteiger partial charge in [-0.2, -0.15) is 0 Å². The van der Waals surface area contributed by atoms with Crippen LogP contribution in [0.5, 0.6) is 0 Å². The Hall–Kier alpha value is -0.160. The summed E-state index contributed by atoms with van der Waals surface area (Å²) in [5.74, 6) is 0.772. The first-order valence-electron chi connectivity index (χ1n) is 6.75. The van der Waals surface area contributed by atoms with Crippen LogP contribution in [0.3, 0.4) is 0 Å². The van der Waals surface area contributed by atoms with E-state index in [0.717, 1.165) is 32.1 Å². The molecule has 1 fully saturated rings. The number of piperidine rings is 1. The molecule has 4 nitrogen and oxygen atoms in total. The zero-order chi connectivity index (χ0) is 12.7. The van der Waals surface area contributed by atoms with Crippen LogP contribution in [0.1, 0.15) is 26.7 Å². The summed E-state index contributed by atoms with van der Waals surface area (Å²) in [6, 6.07) is 0.483. The van der Waals surface area contributed by atoms with E-state index in [0.29, 0.717) is 12.6 Å². The Kier molecular flexibility index (Phi) is 7.04. The molecule has 1 heterocycles. The predicted molar refractivity (Wildman–Crippen MR) is 70.2 cm³/mol. The first kappa shape index (κ1) is 14.9. The molecule has 2 N–H and O–H groups in total. The zero-order valence-electron chi connectivity index (χ0n) is 11.5. The molecule has 102 valence electrons. The minimum atomic E-state index is -0.371. The smallest absolute Gasteiger partial charge is 0.0900 e. The molecule has 1 aliphatic heterocycles. The molecule has 1 aliphatic rings. The van der Waals surface area contributed by atoms with Crippen LogP contribution in [0, 0.1) is 5.92 Å². The molecule has 1 atom stereocenters. The van der Waals surface area contributed by atoms with Gasteiger partial charge in [-0.05, 0) is 45.7 Å². The molecule has 0 radical (unpaired) electrons. The van der Waals surface area contributed by atoms with Crippen molar-refractivity contribution in [1.29, 1.82) is 0 Å². The highest BCUT2D eigenvalue weighted by atomic mass is 16.5. The molecule has 0 amide bonds. The average Bonchev–Trinajstić information content (AvgIpc) is 2.29. The molecule has 4 heteroatoms. The van der Waals surface area contributed by atoms with Gasteiger partial charge in [0.2, 0.25) is 0 Å². The van der Waals surface area contributed by atoms with Crippen molar-refractivity contribution in [1.82, 2.24) is 10.2 Å². The largest absolute Gasteiger partial charge is 0.389 e. The second kappa shape index (κ2) is 8.03. The Balaban J connectivity index is 2.36. The number of methoxy groups -OCH3 is 1. The lowest BCUT2D eigenvalue weighted by molar-refractivity contribution is 0.0243. The number of hydrogen-bond donors (Lipinski definition) is 2. The Morgan fingerprint density at radius 2 is 2.00 bits per heavy atom. The van der Waals surface area contributed by atoms with Crippen molar-refractivity contribution >= 4 is 0 Å². The molecular formula is C13H28N2O2. The van der Waals surface area contributed by atoms with Crippen molar-refractivity contribution in [3.63, 3.8) is 0 Å². The summed E-state index contributed by atoms with van der Waals surface area (Å²) < 4.78 is 4.99. The van der Waals surface area contributed by atoms with E-state index in [1.54, 1.807) is 7.11 Å². The number of aliphatic hydroxyl groups excluding tert-OH is 1. The molecule has 0 saturated carbocycles. The van der Waals surface area contributed by atoms with Crippen LogP contribution in [0.4, 0.5) is 0 Å². The minimum Gasteiger partial charge on any atom is -0.389 e. The van der Waals surface area contributed by atoms with E-state index in [1.807, 2.05) is 0 Å². The van der Waals surface area contributed by atoms with Crippen LogP contribution < -0.4 is 5.32 Å². The summed E-state index contributed by atoms with van der Waals surface area (Å²) in [5.41, 5.74) is 0. The molecular weight excluding hydrogens is 216 g/mol. The van der Waals surface area contributed by atoms with Crippen LogP contribution in [-0.4, -0.2) is 62.0 Å². The lowest BCUT2D eigenvalue weighted by Crippen LogP contribution is -2.43. The molecule has 0 aromatic rings. The van der Waals surface area contributed by atoms with E-state index in [9.17, 15) is 5.11 Å². The Morgan fingerprint density at radius 3 is 2.53 bits per heavy atom. The summed E-state index contributed by atoms with van der Waals surface area (Å²) in [7, 11) is 1.63. The van der Waals surface area contributed by atoms with Gasteiger partial charge in [0.25, 0.3) is 0 Å². The molecule has 17 heavy (non-hydrogen) atoms. The molecule has 0 aromatic carbocycles. The Labute approximate surface area is 105 Å². The first-order valence-corrected chi connectivity index (χ1v) is 6.75. The van der Waals surface area contributed by atoms with Gasteiger partial charge in [0, 0.05) is 26.2 Å². The normalized spacial score (nSPS) is 20.1. The minimum absolute atomic E-state index is 0.371. The summed E-state index contributed by atoms with van der Waals surface area (Å²) in [6.07, 6.45) is 2.14. The van der Waals surface area contributed by atoms with Crippen LogP contribution in [0.25, 0.3) is 0 Å². The standard InChI is InChI=1S/C13H28N2O2/c1-11(2)15(9-13(16)10-17-3)8-12-4-6-14-7-5-12/h11-14,16H,4-10H2,1-3H3. The van der Waals surface area contributed by atoms with Crippen LogP contribution in [-0.2, 0) is 4.74 Å². The van der Waals surface area contributed by atoms with Gasteiger partial charge in [0.15, 0.2) is 0 Å². The number of rotatable bonds is 7. The fraction of sp³-hybridized carbons (Fsp3) is 1.00. The van der Waals surface area contributed by atoms with E-state index in [2.05, 4.69) is 24.1 Å². The van der Waals surface area contributed by atoms with Crippen LogP contribution >= 0.6 is 0 Å². The van der Waals surface area contributed by atoms with Crippen LogP contribution in [0.15, 0.2) is 0 Å². The lowest BCUT2D eigenvalue weighted by Gasteiger charge is -2.33. The van der Waals surface area contributed by atoms with Crippen molar-refractivity contribution in [2.45, 2.75) is 38.8 Å². The average molecular weight is 244 g/mol. The third-order valence-corrected chi connectivity index (χ3v) is 3.49. The molecule has 0 spiro atoms. The van der Waals surface area contributed by atoms with Gasteiger partial charge >= 0.3 is 0 Å². The van der Waals surface area contributed by atoms with Gasteiger partial charge in [-0.15, -0.1) is 0 Å². The fourth-order valence-corrected chi connectivity index (χ4v) is 2.41. The number of ether oxygens (including phenoxy) is 1. The topological polar surface area (TPSA) is 44.7 Å².